The summed E-state index contributed by atoms with van der Waals surface area (Å²) in [6.45, 7) is 0. The summed E-state index contributed by atoms with van der Waals surface area (Å²) in [6.07, 6.45) is 0. The van der Waals surface area contributed by atoms with Gasteiger partial charge in [0.2, 0.25) is 0 Å². The van der Waals surface area contributed by atoms with Gasteiger partial charge in [0.25, 0.3) is 0 Å². The number of rotatable bonds is 5. The van der Waals surface area contributed by atoms with E-state index in [-0.39, 0.29) is 0 Å². The molecule has 248 valence electrons. The molecule has 1 aliphatic rings. The Hall–Kier alpha value is -6.55. The SMILES string of the molecule is c1ccc(C2=Nc3cc4c5ccccc5n(-c5ccc(-c6cccc7c6sc6ccccc67)cc5)c4cc3C2(c2ccccc2)c2ccccc2)cc1. The molecular weight excluding hydrogens is 661 g/mol. The first kappa shape index (κ1) is 30.1. The zero-order valence-corrected chi connectivity index (χ0v) is 29.6. The first-order valence-corrected chi connectivity index (χ1v) is 18.9. The average Bonchev–Trinajstić information content (AvgIpc) is 3.89. The van der Waals surface area contributed by atoms with Gasteiger partial charge in [0.15, 0.2) is 0 Å². The standard InChI is InChI=1S/C50H32N2S/c1-4-15-34(16-5-1)49-50(35-17-6-2-7-18-35,36-19-8-3-9-20-36)43-32-46-42(31-44(43)51-49)39-21-10-12-25-45(39)52(46)37-29-27-33(28-30-37)38-23-14-24-41-40-22-11-13-26-47(40)53-48(38)41/h1-32H. The molecule has 0 radical (unpaired) electrons. The van der Waals surface area contributed by atoms with Crippen LogP contribution in [0.25, 0.3) is 58.8 Å². The first-order valence-electron chi connectivity index (χ1n) is 18.1. The second-order valence-corrected chi connectivity index (χ2v) is 14.9. The third-order valence-corrected chi connectivity index (χ3v) is 12.3. The molecule has 0 amide bonds. The minimum atomic E-state index is -0.610. The number of para-hydroxylation sites is 1. The fraction of sp³-hybridized carbons (Fsp3) is 0.0200. The summed E-state index contributed by atoms with van der Waals surface area (Å²) in [7, 11) is 0. The molecule has 0 fully saturated rings. The van der Waals surface area contributed by atoms with E-state index < -0.39 is 5.41 Å². The van der Waals surface area contributed by atoms with Crippen LogP contribution >= 0.6 is 11.3 Å². The fourth-order valence-corrected chi connectivity index (χ4v) is 10.0. The van der Waals surface area contributed by atoms with Crippen LogP contribution in [0, 0.1) is 0 Å². The molecule has 8 aromatic carbocycles. The molecule has 2 aromatic heterocycles. The van der Waals surface area contributed by atoms with Crippen LogP contribution in [0.3, 0.4) is 0 Å². The molecule has 0 spiro atoms. The van der Waals surface area contributed by atoms with Gasteiger partial charge in [0.1, 0.15) is 0 Å². The normalized spacial score (nSPS) is 13.5. The molecule has 0 atom stereocenters. The van der Waals surface area contributed by atoms with Crippen LogP contribution in [0.5, 0.6) is 0 Å². The predicted octanol–water partition coefficient (Wildman–Crippen LogP) is 13.3. The van der Waals surface area contributed by atoms with E-state index in [4.69, 9.17) is 4.99 Å². The van der Waals surface area contributed by atoms with Crippen LogP contribution in [-0.4, -0.2) is 10.3 Å². The summed E-state index contributed by atoms with van der Waals surface area (Å²) < 4.78 is 5.10. The molecule has 0 saturated heterocycles. The monoisotopic (exact) mass is 692 g/mol. The van der Waals surface area contributed by atoms with Crippen molar-refractivity contribution >= 4 is 64.7 Å². The van der Waals surface area contributed by atoms with Crippen LogP contribution in [-0.2, 0) is 5.41 Å². The Morgan fingerprint density at radius 2 is 1.08 bits per heavy atom. The van der Waals surface area contributed by atoms with Crippen LogP contribution in [0.15, 0.2) is 199 Å². The van der Waals surface area contributed by atoms with E-state index in [0.29, 0.717) is 0 Å². The number of aliphatic imine (C=N–C) groups is 1. The number of aromatic nitrogens is 1. The highest BCUT2D eigenvalue weighted by Crippen LogP contribution is 2.53. The second-order valence-electron chi connectivity index (χ2n) is 13.9. The molecule has 10 aromatic rings. The maximum absolute atomic E-state index is 5.56. The zero-order chi connectivity index (χ0) is 34.9. The van der Waals surface area contributed by atoms with Crippen molar-refractivity contribution in [1.82, 2.24) is 4.57 Å². The van der Waals surface area contributed by atoms with Crippen molar-refractivity contribution < 1.29 is 0 Å². The van der Waals surface area contributed by atoms with Gasteiger partial charge in [-0.15, -0.1) is 11.3 Å². The summed E-state index contributed by atoms with van der Waals surface area (Å²) in [4.78, 5) is 5.56. The molecule has 11 rings (SSSR count). The largest absolute Gasteiger partial charge is 0.309 e. The molecule has 0 saturated carbocycles. The van der Waals surface area contributed by atoms with E-state index in [9.17, 15) is 0 Å². The van der Waals surface area contributed by atoms with Gasteiger partial charge in [-0.2, -0.15) is 0 Å². The van der Waals surface area contributed by atoms with Crippen LogP contribution in [0.2, 0.25) is 0 Å². The van der Waals surface area contributed by atoms with Crippen molar-refractivity contribution in [2.24, 2.45) is 4.99 Å². The molecule has 0 unspecified atom stereocenters. The fourth-order valence-electron chi connectivity index (χ4n) is 8.78. The number of thiophene rings is 1. The van der Waals surface area contributed by atoms with Gasteiger partial charge in [-0.1, -0.05) is 158 Å². The Kier molecular flexibility index (Phi) is 6.67. The highest BCUT2D eigenvalue weighted by atomic mass is 32.1. The Bertz CT molecular complexity index is 2990. The van der Waals surface area contributed by atoms with E-state index in [2.05, 4.69) is 199 Å². The van der Waals surface area contributed by atoms with Gasteiger partial charge >= 0.3 is 0 Å². The maximum Gasteiger partial charge on any atom is 0.0901 e. The Labute approximate surface area is 311 Å². The summed E-state index contributed by atoms with van der Waals surface area (Å²) >= 11 is 1.88. The number of benzene rings is 8. The minimum Gasteiger partial charge on any atom is -0.309 e. The summed E-state index contributed by atoms with van der Waals surface area (Å²) in [5, 5.41) is 5.07. The quantitative estimate of drug-likeness (QED) is 0.171. The minimum absolute atomic E-state index is 0.610. The van der Waals surface area contributed by atoms with Gasteiger partial charge in [-0.3, -0.25) is 4.99 Å². The molecule has 3 heteroatoms. The molecule has 0 bridgehead atoms. The van der Waals surface area contributed by atoms with Crippen molar-refractivity contribution in [1.29, 1.82) is 0 Å². The number of fused-ring (bicyclic) bond motifs is 7. The molecule has 0 N–H and O–H groups in total. The molecular formula is C50H32N2S. The molecule has 53 heavy (non-hydrogen) atoms. The highest BCUT2D eigenvalue weighted by Gasteiger charge is 2.47. The molecule has 1 aliphatic heterocycles. The lowest BCUT2D eigenvalue weighted by molar-refractivity contribution is 0.851. The van der Waals surface area contributed by atoms with Gasteiger partial charge in [-0.25, -0.2) is 0 Å². The summed E-state index contributed by atoms with van der Waals surface area (Å²) in [5.41, 5.74) is 12.2. The third-order valence-electron chi connectivity index (χ3n) is 11.1. The second kappa shape index (κ2) is 11.7. The first-order chi connectivity index (χ1) is 26.3. The highest BCUT2D eigenvalue weighted by molar-refractivity contribution is 7.26. The van der Waals surface area contributed by atoms with Crippen molar-refractivity contribution in [3.05, 3.63) is 216 Å². The molecule has 2 nitrogen and oxygen atoms in total. The van der Waals surface area contributed by atoms with E-state index in [0.717, 1.165) is 22.6 Å². The van der Waals surface area contributed by atoms with E-state index in [1.807, 2.05) is 11.3 Å². The van der Waals surface area contributed by atoms with Gasteiger partial charge in [0, 0.05) is 42.2 Å². The van der Waals surface area contributed by atoms with Crippen LogP contribution < -0.4 is 0 Å². The predicted molar refractivity (Wildman–Crippen MR) is 225 cm³/mol. The van der Waals surface area contributed by atoms with Crippen LogP contribution in [0.4, 0.5) is 5.69 Å². The van der Waals surface area contributed by atoms with Crippen LogP contribution in [0.1, 0.15) is 22.3 Å². The van der Waals surface area contributed by atoms with Gasteiger partial charge in [0.05, 0.1) is 27.8 Å². The summed E-state index contributed by atoms with van der Waals surface area (Å²) in [6, 6.07) is 70.6. The number of hydrogen-bond acceptors (Lipinski definition) is 2. The van der Waals surface area contributed by atoms with Crippen molar-refractivity contribution in [2.75, 3.05) is 0 Å². The lowest BCUT2D eigenvalue weighted by Crippen LogP contribution is -2.36. The zero-order valence-electron chi connectivity index (χ0n) is 28.8. The maximum atomic E-state index is 5.56. The van der Waals surface area contributed by atoms with Gasteiger partial charge < -0.3 is 4.57 Å². The Balaban J connectivity index is 1.15. The van der Waals surface area contributed by atoms with E-state index in [1.54, 1.807) is 0 Å². The Morgan fingerprint density at radius 1 is 0.453 bits per heavy atom. The number of nitrogens with zero attached hydrogens (tertiary/aromatic N) is 2. The smallest absolute Gasteiger partial charge is 0.0901 e. The average molecular weight is 693 g/mol. The molecule has 3 heterocycles. The third kappa shape index (κ3) is 4.41. The van der Waals surface area contributed by atoms with Gasteiger partial charge in [-0.05, 0) is 64.2 Å². The summed E-state index contributed by atoms with van der Waals surface area (Å²) in [5.74, 6) is 0. The number of hydrogen-bond donors (Lipinski definition) is 0. The van der Waals surface area contributed by atoms with Crippen molar-refractivity contribution in [2.45, 2.75) is 5.41 Å². The van der Waals surface area contributed by atoms with Crippen molar-refractivity contribution in [3.63, 3.8) is 0 Å². The van der Waals surface area contributed by atoms with E-state index in [1.165, 1.54) is 69.8 Å². The Morgan fingerprint density at radius 3 is 1.81 bits per heavy atom. The van der Waals surface area contributed by atoms with Crippen molar-refractivity contribution in [3.8, 4) is 16.8 Å². The lowest BCUT2D eigenvalue weighted by Gasteiger charge is -2.34. The lowest BCUT2D eigenvalue weighted by atomic mass is 9.65. The van der Waals surface area contributed by atoms with E-state index >= 15 is 0 Å². The molecule has 0 aliphatic carbocycles. The topological polar surface area (TPSA) is 17.3 Å².